The fourth-order valence-corrected chi connectivity index (χ4v) is 2.55. The van der Waals surface area contributed by atoms with Gasteiger partial charge in [-0.05, 0) is 55.9 Å². The first-order valence-electron chi connectivity index (χ1n) is 7.08. The Hall–Kier alpha value is -2.33. The molecule has 0 atom stereocenters. The molecule has 0 aliphatic carbocycles. The molecule has 0 saturated carbocycles. The van der Waals surface area contributed by atoms with Gasteiger partial charge in [-0.15, -0.1) is 0 Å². The predicted octanol–water partition coefficient (Wildman–Crippen LogP) is 3.87. The number of rotatable bonds is 3. The fraction of sp³-hybridized carbons (Fsp3) is 0.167. The van der Waals surface area contributed by atoms with Crippen molar-refractivity contribution in [1.82, 2.24) is 5.32 Å². The molecule has 114 valence electrons. The first kappa shape index (κ1) is 16.0. The lowest BCUT2D eigenvalue weighted by Gasteiger charge is -2.28. The van der Waals surface area contributed by atoms with E-state index in [9.17, 15) is 0 Å². The van der Waals surface area contributed by atoms with Crippen LogP contribution >= 0.6 is 12.2 Å². The topological polar surface area (TPSA) is 41.3 Å². The third-order valence-corrected chi connectivity index (χ3v) is 3.93. The van der Waals surface area contributed by atoms with Crippen LogP contribution in [0, 0.1) is 13.8 Å². The summed E-state index contributed by atoms with van der Waals surface area (Å²) in [5, 5.41) is 3.63. The average Bonchev–Trinajstić information content (AvgIpc) is 2.49. The van der Waals surface area contributed by atoms with E-state index in [-0.39, 0.29) is 0 Å². The van der Waals surface area contributed by atoms with E-state index in [0.717, 1.165) is 28.2 Å². The lowest BCUT2D eigenvalue weighted by molar-refractivity contribution is 1.15. The second-order valence-electron chi connectivity index (χ2n) is 5.25. The number of nitrogens with two attached hydrogens (primary N) is 1. The monoisotopic (exact) mass is 311 g/mol. The standard InChI is InChI=1S/C18H21N3S/c1-12-5-8-16(9-6-12)21(18(22)20-4)14(3)17-10-7-15(19)11-13(17)2/h5-11H,3,19H2,1-2,4H3,(H,20,22). The minimum atomic E-state index is 0.602. The lowest BCUT2D eigenvalue weighted by atomic mass is 10.0. The van der Waals surface area contributed by atoms with Crippen LogP contribution in [-0.4, -0.2) is 12.2 Å². The number of benzene rings is 2. The van der Waals surface area contributed by atoms with Crippen LogP contribution in [0.1, 0.15) is 16.7 Å². The summed E-state index contributed by atoms with van der Waals surface area (Å²) in [5.41, 5.74) is 11.7. The van der Waals surface area contributed by atoms with Crippen molar-refractivity contribution in [1.29, 1.82) is 0 Å². The Morgan fingerprint density at radius 3 is 2.32 bits per heavy atom. The summed E-state index contributed by atoms with van der Waals surface area (Å²) in [4.78, 5) is 1.94. The maximum atomic E-state index is 5.84. The van der Waals surface area contributed by atoms with Crippen LogP contribution in [0.2, 0.25) is 0 Å². The molecule has 0 bridgehead atoms. The van der Waals surface area contributed by atoms with E-state index in [1.807, 2.05) is 49.2 Å². The van der Waals surface area contributed by atoms with Crippen molar-refractivity contribution in [3.63, 3.8) is 0 Å². The van der Waals surface area contributed by atoms with Gasteiger partial charge in [-0.1, -0.05) is 30.3 Å². The van der Waals surface area contributed by atoms with E-state index in [2.05, 4.69) is 31.0 Å². The van der Waals surface area contributed by atoms with Crippen LogP contribution in [-0.2, 0) is 0 Å². The minimum Gasteiger partial charge on any atom is -0.399 e. The van der Waals surface area contributed by atoms with Crippen molar-refractivity contribution in [2.75, 3.05) is 17.7 Å². The molecular formula is C18H21N3S. The van der Waals surface area contributed by atoms with Gasteiger partial charge in [-0.2, -0.15) is 0 Å². The van der Waals surface area contributed by atoms with Crippen molar-refractivity contribution >= 4 is 34.4 Å². The van der Waals surface area contributed by atoms with E-state index in [1.165, 1.54) is 5.56 Å². The quantitative estimate of drug-likeness (QED) is 0.667. The van der Waals surface area contributed by atoms with Gasteiger partial charge in [0.1, 0.15) is 0 Å². The number of nitrogens with zero attached hydrogens (tertiary/aromatic N) is 1. The molecule has 0 spiro atoms. The van der Waals surface area contributed by atoms with Gasteiger partial charge >= 0.3 is 0 Å². The highest BCUT2D eigenvalue weighted by Gasteiger charge is 2.17. The highest BCUT2D eigenvalue weighted by Crippen LogP contribution is 2.28. The van der Waals surface area contributed by atoms with Crippen molar-refractivity contribution in [2.24, 2.45) is 0 Å². The molecule has 3 nitrogen and oxygen atoms in total. The van der Waals surface area contributed by atoms with Crippen LogP contribution in [0.3, 0.4) is 0 Å². The minimum absolute atomic E-state index is 0.602. The molecule has 3 N–H and O–H groups in total. The number of nitrogens with one attached hydrogen (secondary N) is 1. The molecule has 0 aliphatic rings. The second kappa shape index (κ2) is 6.62. The van der Waals surface area contributed by atoms with Crippen LogP contribution in [0.4, 0.5) is 11.4 Å². The molecule has 4 heteroatoms. The Morgan fingerprint density at radius 2 is 1.77 bits per heavy atom. The summed E-state index contributed by atoms with van der Waals surface area (Å²) in [6.07, 6.45) is 0. The Kier molecular flexibility index (Phi) is 4.83. The molecule has 0 heterocycles. The van der Waals surface area contributed by atoms with Gasteiger partial charge in [0.05, 0.1) is 0 Å². The second-order valence-corrected chi connectivity index (χ2v) is 5.63. The summed E-state index contributed by atoms with van der Waals surface area (Å²) in [5.74, 6) is 0. The highest BCUT2D eigenvalue weighted by atomic mass is 32.1. The molecule has 2 aromatic rings. The van der Waals surface area contributed by atoms with Gasteiger partial charge in [0.15, 0.2) is 5.11 Å². The van der Waals surface area contributed by atoms with Gasteiger partial charge in [0.25, 0.3) is 0 Å². The molecule has 2 rings (SSSR count). The van der Waals surface area contributed by atoms with Crippen molar-refractivity contribution in [2.45, 2.75) is 13.8 Å². The van der Waals surface area contributed by atoms with Crippen molar-refractivity contribution < 1.29 is 0 Å². The van der Waals surface area contributed by atoms with E-state index in [0.29, 0.717) is 5.11 Å². The molecule has 0 unspecified atom stereocenters. The van der Waals surface area contributed by atoms with Crippen LogP contribution in [0.25, 0.3) is 5.70 Å². The summed E-state index contributed by atoms with van der Waals surface area (Å²) in [6.45, 7) is 8.32. The van der Waals surface area contributed by atoms with E-state index < -0.39 is 0 Å². The smallest absolute Gasteiger partial charge is 0.177 e. The summed E-state index contributed by atoms with van der Waals surface area (Å²) in [7, 11) is 1.81. The zero-order valence-electron chi connectivity index (χ0n) is 13.2. The third-order valence-electron chi connectivity index (χ3n) is 3.54. The Balaban J connectivity index is 2.47. The van der Waals surface area contributed by atoms with Gasteiger partial charge in [-0.3, -0.25) is 4.90 Å². The molecule has 2 aromatic carbocycles. The zero-order valence-corrected chi connectivity index (χ0v) is 14.0. The van der Waals surface area contributed by atoms with Crippen LogP contribution in [0.15, 0.2) is 49.0 Å². The molecule has 22 heavy (non-hydrogen) atoms. The zero-order chi connectivity index (χ0) is 16.3. The van der Waals surface area contributed by atoms with Gasteiger partial charge in [0.2, 0.25) is 0 Å². The first-order valence-corrected chi connectivity index (χ1v) is 7.48. The Morgan fingerprint density at radius 1 is 1.14 bits per heavy atom. The van der Waals surface area contributed by atoms with Gasteiger partial charge in [-0.25, -0.2) is 0 Å². The summed E-state index contributed by atoms with van der Waals surface area (Å²) >= 11 is 5.47. The van der Waals surface area contributed by atoms with Gasteiger partial charge in [0, 0.05) is 29.7 Å². The molecular weight excluding hydrogens is 290 g/mol. The highest BCUT2D eigenvalue weighted by molar-refractivity contribution is 7.80. The lowest BCUT2D eigenvalue weighted by Crippen LogP contribution is -2.36. The first-order chi connectivity index (χ1) is 10.4. The van der Waals surface area contributed by atoms with Crippen LogP contribution in [0.5, 0.6) is 0 Å². The Bertz CT molecular complexity index is 705. The van der Waals surface area contributed by atoms with Crippen molar-refractivity contribution in [3.8, 4) is 0 Å². The number of thiocarbonyl (C=S) groups is 1. The maximum absolute atomic E-state index is 5.84. The largest absolute Gasteiger partial charge is 0.399 e. The van der Waals surface area contributed by atoms with E-state index in [1.54, 1.807) is 0 Å². The summed E-state index contributed by atoms with van der Waals surface area (Å²) in [6, 6.07) is 14.0. The number of nitrogen functional groups attached to an aromatic ring is 1. The predicted molar refractivity (Wildman–Crippen MR) is 99.9 cm³/mol. The van der Waals surface area contributed by atoms with Gasteiger partial charge < -0.3 is 11.1 Å². The van der Waals surface area contributed by atoms with E-state index in [4.69, 9.17) is 18.0 Å². The number of anilines is 2. The Labute approximate surface area is 137 Å². The maximum Gasteiger partial charge on any atom is 0.177 e. The molecule has 0 aliphatic heterocycles. The fourth-order valence-electron chi connectivity index (χ4n) is 2.33. The normalized spacial score (nSPS) is 10.1. The van der Waals surface area contributed by atoms with Crippen molar-refractivity contribution in [3.05, 3.63) is 65.7 Å². The number of hydrogen-bond acceptors (Lipinski definition) is 2. The van der Waals surface area contributed by atoms with Crippen LogP contribution < -0.4 is 16.0 Å². The summed E-state index contributed by atoms with van der Waals surface area (Å²) < 4.78 is 0. The third kappa shape index (κ3) is 3.28. The van der Waals surface area contributed by atoms with E-state index >= 15 is 0 Å². The SMILES string of the molecule is C=C(c1ccc(N)cc1C)N(C(=S)NC)c1ccc(C)cc1. The number of aryl methyl sites for hydroxylation is 2. The number of hydrogen-bond donors (Lipinski definition) is 2. The molecule has 0 aromatic heterocycles. The molecule has 0 amide bonds. The molecule has 0 fully saturated rings. The molecule has 0 saturated heterocycles. The average molecular weight is 311 g/mol. The molecule has 0 radical (unpaired) electrons.